The van der Waals surface area contributed by atoms with E-state index in [0.717, 1.165) is 12.1 Å². The van der Waals surface area contributed by atoms with E-state index in [1.165, 1.54) is 12.1 Å². The molecule has 1 saturated heterocycles. The molecule has 0 aromatic heterocycles. The van der Waals surface area contributed by atoms with E-state index in [1.807, 2.05) is 0 Å². The van der Waals surface area contributed by atoms with Crippen molar-refractivity contribution in [1.29, 1.82) is 0 Å². The van der Waals surface area contributed by atoms with Crippen molar-refractivity contribution in [1.82, 2.24) is 5.32 Å². The third-order valence-corrected chi connectivity index (χ3v) is 2.83. The number of ether oxygens (including phenoxy) is 1. The number of rotatable bonds is 2. The molecular formula is C10H11ClN2O3. The lowest BCUT2D eigenvalue weighted by Crippen LogP contribution is -2.34. The first-order valence-electron chi connectivity index (χ1n) is 4.93. The van der Waals surface area contributed by atoms with E-state index in [4.69, 9.17) is 16.3 Å². The van der Waals surface area contributed by atoms with Crippen molar-refractivity contribution < 1.29 is 9.66 Å². The van der Waals surface area contributed by atoms with E-state index >= 15 is 0 Å². The van der Waals surface area contributed by atoms with Crippen LogP contribution in [0.2, 0.25) is 5.02 Å². The van der Waals surface area contributed by atoms with Gasteiger partial charge >= 0.3 is 0 Å². The molecule has 6 heteroatoms. The Hall–Kier alpha value is -1.17. The molecule has 0 unspecified atom stereocenters. The fourth-order valence-electron chi connectivity index (χ4n) is 1.68. The smallest absolute Gasteiger partial charge is 0.269 e. The summed E-state index contributed by atoms with van der Waals surface area (Å²) in [6, 6.07) is 4.37. The summed E-state index contributed by atoms with van der Waals surface area (Å²) < 4.78 is 5.30. The summed E-state index contributed by atoms with van der Waals surface area (Å²) in [5.74, 6) is 0. The minimum absolute atomic E-state index is 0.0479. The van der Waals surface area contributed by atoms with E-state index in [0.29, 0.717) is 18.2 Å². The average Bonchev–Trinajstić information content (AvgIpc) is 2.30. The van der Waals surface area contributed by atoms with Gasteiger partial charge in [-0.15, -0.1) is 0 Å². The Morgan fingerprint density at radius 1 is 1.56 bits per heavy atom. The Balaban J connectivity index is 2.30. The molecule has 0 aliphatic carbocycles. The summed E-state index contributed by atoms with van der Waals surface area (Å²) in [6.45, 7) is 1.87. The van der Waals surface area contributed by atoms with E-state index in [1.54, 1.807) is 6.07 Å². The van der Waals surface area contributed by atoms with Crippen molar-refractivity contribution >= 4 is 17.3 Å². The number of nitro groups is 1. The SMILES string of the molecule is O=[N+]([O-])c1ccc(Cl)c([C@@H]2COCCN2)c1. The van der Waals surface area contributed by atoms with Gasteiger partial charge in [0.05, 0.1) is 24.2 Å². The number of halogens is 1. The number of morpholine rings is 1. The number of hydrogen-bond donors (Lipinski definition) is 1. The molecule has 16 heavy (non-hydrogen) atoms. The molecule has 1 atom stereocenters. The van der Waals surface area contributed by atoms with Gasteiger partial charge in [-0.25, -0.2) is 0 Å². The van der Waals surface area contributed by atoms with Gasteiger partial charge in [-0.3, -0.25) is 10.1 Å². The number of nitro benzene ring substituents is 1. The quantitative estimate of drug-likeness (QED) is 0.636. The average molecular weight is 243 g/mol. The summed E-state index contributed by atoms with van der Waals surface area (Å²) in [4.78, 5) is 10.2. The first-order chi connectivity index (χ1) is 7.68. The lowest BCUT2D eigenvalue weighted by Gasteiger charge is -2.24. The molecule has 2 rings (SSSR count). The molecular weight excluding hydrogens is 232 g/mol. The van der Waals surface area contributed by atoms with Crippen LogP contribution in [0.5, 0.6) is 0 Å². The van der Waals surface area contributed by atoms with Gasteiger partial charge in [0.1, 0.15) is 0 Å². The summed E-state index contributed by atoms with van der Waals surface area (Å²) in [6.07, 6.45) is 0. The van der Waals surface area contributed by atoms with Crippen LogP contribution in [0.4, 0.5) is 5.69 Å². The van der Waals surface area contributed by atoms with Crippen molar-refractivity contribution in [2.75, 3.05) is 19.8 Å². The van der Waals surface area contributed by atoms with Crippen molar-refractivity contribution in [3.63, 3.8) is 0 Å². The fraction of sp³-hybridized carbons (Fsp3) is 0.400. The molecule has 1 aromatic carbocycles. The molecule has 1 aliphatic heterocycles. The number of non-ortho nitro benzene ring substituents is 1. The molecule has 0 bridgehead atoms. The zero-order valence-corrected chi connectivity index (χ0v) is 9.24. The van der Waals surface area contributed by atoms with Crippen LogP contribution in [0, 0.1) is 10.1 Å². The fourth-order valence-corrected chi connectivity index (χ4v) is 1.93. The maximum atomic E-state index is 10.7. The van der Waals surface area contributed by atoms with E-state index in [-0.39, 0.29) is 11.7 Å². The summed E-state index contributed by atoms with van der Waals surface area (Å²) in [5, 5.41) is 14.4. The Morgan fingerprint density at radius 2 is 2.38 bits per heavy atom. The molecule has 1 fully saturated rings. The minimum atomic E-state index is -0.427. The first-order valence-corrected chi connectivity index (χ1v) is 5.31. The van der Waals surface area contributed by atoms with E-state index in [2.05, 4.69) is 5.32 Å². The van der Waals surface area contributed by atoms with Gasteiger partial charge < -0.3 is 10.1 Å². The highest BCUT2D eigenvalue weighted by molar-refractivity contribution is 6.31. The summed E-state index contributed by atoms with van der Waals surface area (Å²) in [5.41, 5.74) is 0.766. The highest BCUT2D eigenvalue weighted by Crippen LogP contribution is 2.28. The zero-order chi connectivity index (χ0) is 11.5. The van der Waals surface area contributed by atoms with Crippen molar-refractivity contribution in [2.24, 2.45) is 0 Å². The molecule has 1 N–H and O–H groups in total. The standard InChI is InChI=1S/C10H11ClN2O3/c11-9-2-1-7(13(14)15)5-8(9)10-6-16-4-3-12-10/h1-2,5,10,12H,3-4,6H2/t10-/m0/s1. The van der Waals surface area contributed by atoms with Crippen LogP contribution in [0.25, 0.3) is 0 Å². The highest BCUT2D eigenvalue weighted by Gasteiger charge is 2.20. The second-order valence-corrected chi connectivity index (χ2v) is 3.95. The third kappa shape index (κ3) is 2.32. The molecule has 1 aromatic rings. The number of nitrogens with zero attached hydrogens (tertiary/aromatic N) is 1. The van der Waals surface area contributed by atoms with Crippen molar-refractivity contribution in [2.45, 2.75) is 6.04 Å². The Bertz CT molecular complexity index is 405. The molecule has 0 radical (unpaired) electrons. The van der Waals surface area contributed by atoms with Crippen LogP contribution in [-0.4, -0.2) is 24.7 Å². The maximum Gasteiger partial charge on any atom is 0.269 e. The van der Waals surface area contributed by atoms with Gasteiger partial charge in [0.25, 0.3) is 5.69 Å². The van der Waals surface area contributed by atoms with Gasteiger partial charge in [-0.2, -0.15) is 0 Å². The van der Waals surface area contributed by atoms with Gasteiger partial charge in [0.15, 0.2) is 0 Å². The number of hydrogen-bond acceptors (Lipinski definition) is 4. The molecule has 5 nitrogen and oxygen atoms in total. The molecule has 1 heterocycles. The van der Waals surface area contributed by atoms with E-state index in [9.17, 15) is 10.1 Å². The maximum absolute atomic E-state index is 10.7. The molecule has 1 aliphatic rings. The second-order valence-electron chi connectivity index (χ2n) is 3.54. The third-order valence-electron chi connectivity index (χ3n) is 2.49. The van der Waals surface area contributed by atoms with Crippen LogP contribution in [0.3, 0.4) is 0 Å². The summed E-state index contributed by atoms with van der Waals surface area (Å²) >= 11 is 6.02. The normalized spacial score (nSPS) is 20.7. The predicted octanol–water partition coefficient (Wildman–Crippen LogP) is 1.91. The van der Waals surface area contributed by atoms with Crippen LogP contribution >= 0.6 is 11.6 Å². The second kappa shape index (κ2) is 4.78. The topological polar surface area (TPSA) is 64.4 Å². The zero-order valence-electron chi connectivity index (χ0n) is 8.48. The first kappa shape index (κ1) is 11.3. The monoisotopic (exact) mass is 242 g/mol. The largest absolute Gasteiger partial charge is 0.378 e. The lowest BCUT2D eigenvalue weighted by molar-refractivity contribution is -0.384. The van der Waals surface area contributed by atoms with E-state index < -0.39 is 4.92 Å². The van der Waals surface area contributed by atoms with Gasteiger partial charge in [-0.05, 0) is 11.6 Å². The summed E-state index contributed by atoms with van der Waals surface area (Å²) in [7, 11) is 0. The van der Waals surface area contributed by atoms with Gasteiger partial charge in [-0.1, -0.05) is 11.6 Å². The van der Waals surface area contributed by atoms with Crippen molar-refractivity contribution in [3.05, 3.63) is 38.9 Å². The Kier molecular flexibility index (Phi) is 3.38. The van der Waals surface area contributed by atoms with Crippen LogP contribution in [0.15, 0.2) is 18.2 Å². The Morgan fingerprint density at radius 3 is 3.00 bits per heavy atom. The molecule has 0 amide bonds. The molecule has 0 saturated carbocycles. The van der Waals surface area contributed by atoms with Crippen LogP contribution < -0.4 is 5.32 Å². The van der Waals surface area contributed by atoms with Crippen LogP contribution in [-0.2, 0) is 4.74 Å². The molecule has 0 spiro atoms. The molecule has 86 valence electrons. The Labute approximate surface area is 97.5 Å². The lowest BCUT2D eigenvalue weighted by atomic mass is 10.1. The minimum Gasteiger partial charge on any atom is -0.378 e. The van der Waals surface area contributed by atoms with Crippen LogP contribution in [0.1, 0.15) is 11.6 Å². The predicted molar refractivity (Wildman–Crippen MR) is 59.7 cm³/mol. The highest BCUT2D eigenvalue weighted by atomic mass is 35.5. The van der Waals surface area contributed by atoms with Gasteiger partial charge in [0.2, 0.25) is 0 Å². The van der Waals surface area contributed by atoms with Crippen molar-refractivity contribution in [3.8, 4) is 0 Å². The van der Waals surface area contributed by atoms with Gasteiger partial charge in [0, 0.05) is 23.7 Å². The number of benzene rings is 1. The number of nitrogens with one attached hydrogen (secondary N) is 1.